The van der Waals surface area contributed by atoms with Crippen LogP contribution in [0.4, 0.5) is 0 Å². The molecular weight excluding hydrogens is 228 g/mol. The number of carbonyl (C=O) groups is 1. The Kier molecular flexibility index (Phi) is 4.01. The lowest BCUT2D eigenvalue weighted by Gasteiger charge is -2.37. The fourth-order valence-corrected chi connectivity index (χ4v) is 2.85. The second-order valence-electron chi connectivity index (χ2n) is 5.31. The van der Waals surface area contributed by atoms with Crippen molar-refractivity contribution in [2.24, 2.45) is 11.1 Å². The van der Waals surface area contributed by atoms with Crippen molar-refractivity contribution >= 4 is 5.91 Å². The van der Waals surface area contributed by atoms with Gasteiger partial charge >= 0.3 is 0 Å². The van der Waals surface area contributed by atoms with Crippen LogP contribution in [0.25, 0.3) is 0 Å². The number of carbonyl (C=O) groups excluding carboxylic acids is 1. The number of nitrogens with two attached hydrogens (primary N) is 1. The van der Waals surface area contributed by atoms with Crippen LogP contribution < -0.4 is 5.73 Å². The molecule has 1 aliphatic rings. The van der Waals surface area contributed by atoms with Gasteiger partial charge in [-0.15, -0.1) is 0 Å². The zero-order valence-corrected chi connectivity index (χ0v) is 11.0. The summed E-state index contributed by atoms with van der Waals surface area (Å²) in [6, 6.07) is 0. The molecule has 0 bridgehead atoms. The average molecular weight is 250 g/mol. The fourth-order valence-electron chi connectivity index (χ4n) is 2.85. The summed E-state index contributed by atoms with van der Waals surface area (Å²) in [5.41, 5.74) is 6.58. The van der Waals surface area contributed by atoms with E-state index in [9.17, 15) is 4.79 Å². The summed E-state index contributed by atoms with van der Waals surface area (Å²) in [6.07, 6.45) is 8.88. The summed E-state index contributed by atoms with van der Waals surface area (Å²) < 4.78 is 0. The van der Waals surface area contributed by atoms with E-state index < -0.39 is 0 Å². The first kappa shape index (κ1) is 13.1. The van der Waals surface area contributed by atoms with E-state index in [1.807, 2.05) is 13.2 Å². The maximum absolute atomic E-state index is 12.6. The SMILES string of the molecule is CN(Cc1cn[nH]c1)C(=O)C1(CN)CCCCC1. The third kappa shape index (κ3) is 2.56. The zero-order valence-electron chi connectivity index (χ0n) is 11.0. The molecule has 5 heteroatoms. The molecule has 1 heterocycles. The van der Waals surface area contributed by atoms with Crippen molar-refractivity contribution in [2.45, 2.75) is 38.6 Å². The predicted molar refractivity (Wildman–Crippen MR) is 69.6 cm³/mol. The monoisotopic (exact) mass is 250 g/mol. The molecule has 100 valence electrons. The molecule has 0 aliphatic heterocycles. The van der Waals surface area contributed by atoms with Crippen LogP contribution in [0.2, 0.25) is 0 Å². The van der Waals surface area contributed by atoms with Crippen molar-refractivity contribution < 1.29 is 4.79 Å². The minimum atomic E-state index is -0.323. The first-order valence-corrected chi connectivity index (χ1v) is 6.61. The molecule has 0 spiro atoms. The van der Waals surface area contributed by atoms with Gasteiger partial charge < -0.3 is 10.6 Å². The average Bonchev–Trinajstić information content (AvgIpc) is 2.91. The van der Waals surface area contributed by atoms with E-state index in [1.54, 1.807) is 11.1 Å². The summed E-state index contributed by atoms with van der Waals surface area (Å²) in [6.45, 7) is 1.05. The van der Waals surface area contributed by atoms with Crippen molar-refractivity contribution in [1.29, 1.82) is 0 Å². The third-order valence-corrected chi connectivity index (χ3v) is 3.98. The van der Waals surface area contributed by atoms with Gasteiger partial charge in [-0.25, -0.2) is 0 Å². The maximum Gasteiger partial charge on any atom is 0.230 e. The summed E-state index contributed by atoms with van der Waals surface area (Å²) in [7, 11) is 1.85. The van der Waals surface area contributed by atoms with Gasteiger partial charge in [0.15, 0.2) is 0 Å². The Balaban J connectivity index is 2.04. The molecule has 0 saturated heterocycles. The van der Waals surface area contributed by atoms with E-state index in [2.05, 4.69) is 10.2 Å². The van der Waals surface area contributed by atoms with Crippen molar-refractivity contribution in [3.63, 3.8) is 0 Å². The molecule has 1 amide bonds. The van der Waals surface area contributed by atoms with Crippen molar-refractivity contribution in [1.82, 2.24) is 15.1 Å². The molecule has 1 aromatic rings. The van der Waals surface area contributed by atoms with Crippen LogP contribution >= 0.6 is 0 Å². The molecule has 1 saturated carbocycles. The van der Waals surface area contributed by atoms with Gasteiger partial charge in [-0.1, -0.05) is 19.3 Å². The number of nitrogens with one attached hydrogen (secondary N) is 1. The molecule has 0 aromatic carbocycles. The molecule has 1 fully saturated rings. The Hall–Kier alpha value is -1.36. The molecule has 2 rings (SSSR count). The standard InChI is InChI=1S/C13H22N4O/c1-17(9-11-7-15-16-8-11)12(18)13(10-14)5-3-2-4-6-13/h7-8H,2-6,9-10,14H2,1H3,(H,15,16). The quantitative estimate of drug-likeness (QED) is 0.845. The zero-order chi connectivity index (χ0) is 13.0. The number of hydrogen-bond acceptors (Lipinski definition) is 3. The van der Waals surface area contributed by atoms with E-state index in [1.165, 1.54) is 6.42 Å². The van der Waals surface area contributed by atoms with Gasteiger partial charge in [0.1, 0.15) is 0 Å². The van der Waals surface area contributed by atoms with Crippen molar-refractivity contribution in [3.05, 3.63) is 18.0 Å². The highest BCUT2D eigenvalue weighted by molar-refractivity contribution is 5.82. The van der Waals surface area contributed by atoms with Gasteiger partial charge in [0, 0.05) is 31.9 Å². The number of hydrogen-bond donors (Lipinski definition) is 2. The van der Waals surface area contributed by atoms with Crippen molar-refractivity contribution in [3.8, 4) is 0 Å². The third-order valence-electron chi connectivity index (χ3n) is 3.98. The van der Waals surface area contributed by atoms with E-state index in [4.69, 9.17) is 5.73 Å². The highest BCUT2D eigenvalue weighted by Crippen LogP contribution is 2.37. The molecule has 0 unspecified atom stereocenters. The largest absolute Gasteiger partial charge is 0.341 e. The number of H-pyrrole nitrogens is 1. The highest BCUT2D eigenvalue weighted by Gasteiger charge is 2.39. The topological polar surface area (TPSA) is 75.0 Å². The first-order chi connectivity index (χ1) is 8.68. The second kappa shape index (κ2) is 5.52. The van der Waals surface area contributed by atoms with Gasteiger partial charge in [-0.2, -0.15) is 5.10 Å². The number of aromatic amines is 1. The maximum atomic E-state index is 12.6. The van der Waals surface area contributed by atoms with Gasteiger partial charge in [0.2, 0.25) is 5.91 Å². The van der Waals surface area contributed by atoms with E-state index >= 15 is 0 Å². The molecule has 0 atom stereocenters. The Bertz CT molecular complexity index is 382. The Morgan fingerprint density at radius 3 is 2.78 bits per heavy atom. The van der Waals surface area contributed by atoms with E-state index in [0.29, 0.717) is 13.1 Å². The van der Waals surface area contributed by atoms with Gasteiger partial charge in [0.25, 0.3) is 0 Å². The molecule has 1 aromatic heterocycles. The summed E-state index contributed by atoms with van der Waals surface area (Å²) in [5.74, 6) is 0.186. The van der Waals surface area contributed by atoms with Gasteiger partial charge in [-0.3, -0.25) is 9.89 Å². The summed E-state index contributed by atoms with van der Waals surface area (Å²) >= 11 is 0. The summed E-state index contributed by atoms with van der Waals surface area (Å²) in [5, 5.41) is 6.66. The van der Waals surface area contributed by atoms with Crippen LogP contribution in [0.15, 0.2) is 12.4 Å². The predicted octanol–water partition coefficient (Wildman–Crippen LogP) is 1.28. The van der Waals surface area contributed by atoms with Crippen LogP contribution in [0.1, 0.15) is 37.7 Å². The Morgan fingerprint density at radius 1 is 1.50 bits per heavy atom. The van der Waals surface area contributed by atoms with Crippen LogP contribution in [0.5, 0.6) is 0 Å². The lowest BCUT2D eigenvalue weighted by Crippen LogP contribution is -2.47. The van der Waals surface area contributed by atoms with Crippen LogP contribution in [0, 0.1) is 5.41 Å². The Labute approximate surface area is 108 Å². The Morgan fingerprint density at radius 2 is 2.22 bits per heavy atom. The van der Waals surface area contributed by atoms with Crippen LogP contribution in [-0.4, -0.2) is 34.6 Å². The van der Waals surface area contributed by atoms with Gasteiger partial charge in [-0.05, 0) is 12.8 Å². The molecule has 5 nitrogen and oxygen atoms in total. The lowest BCUT2D eigenvalue weighted by molar-refractivity contribution is -0.142. The van der Waals surface area contributed by atoms with Crippen molar-refractivity contribution in [2.75, 3.05) is 13.6 Å². The van der Waals surface area contributed by atoms with Crippen LogP contribution in [0.3, 0.4) is 0 Å². The summed E-state index contributed by atoms with van der Waals surface area (Å²) in [4.78, 5) is 14.4. The molecule has 1 aliphatic carbocycles. The number of amides is 1. The number of nitrogens with zero attached hydrogens (tertiary/aromatic N) is 2. The molecule has 18 heavy (non-hydrogen) atoms. The normalized spacial score (nSPS) is 18.6. The number of rotatable bonds is 4. The molecule has 0 radical (unpaired) electrons. The second-order valence-corrected chi connectivity index (χ2v) is 5.31. The lowest BCUT2D eigenvalue weighted by atomic mass is 9.73. The van der Waals surface area contributed by atoms with Crippen LogP contribution in [-0.2, 0) is 11.3 Å². The minimum absolute atomic E-state index is 0.186. The van der Waals surface area contributed by atoms with Gasteiger partial charge in [0.05, 0.1) is 11.6 Å². The minimum Gasteiger partial charge on any atom is -0.341 e. The van der Waals surface area contributed by atoms with E-state index in [0.717, 1.165) is 31.2 Å². The fraction of sp³-hybridized carbons (Fsp3) is 0.692. The number of aromatic nitrogens is 2. The highest BCUT2D eigenvalue weighted by atomic mass is 16.2. The molecule has 3 N–H and O–H groups in total. The first-order valence-electron chi connectivity index (χ1n) is 6.61. The molecular formula is C13H22N4O. The smallest absolute Gasteiger partial charge is 0.230 e. The van der Waals surface area contributed by atoms with E-state index in [-0.39, 0.29) is 11.3 Å².